The highest BCUT2D eigenvalue weighted by Gasteiger charge is 2.27. The van der Waals surface area contributed by atoms with E-state index in [2.05, 4.69) is 65.9 Å². The molecule has 1 aliphatic rings. The summed E-state index contributed by atoms with van der Waals surface area (Å²) >= 11 is 0. The van der Waals surface area contributed by atoms with Crippen LogP contribution < -0.4 is 4.90 Å². The number of piperidine rings is 1. The highest BCUT2D eigenvalue weighted by molar-refractivity contribution is 5.96. The van der Waals surface area contributed by atoms with Crippen molar-refractivity contribution in [2.75, 3.05) is 18.6 Å². The lowest BCUT2D eigenvalue weighted by Crippen LogP contribution is -2.40. The van der Waals surface area contributed by atoms with Gasteiger partial charge in [0, 0.05) is 31.8 Å². The van der Waals surface area contributed by atoms with Crippen molar-refractivity contribution in [1.82, 2.24) is 9.55 Å². The van der Waals surface area contributed by atoms with Gasteiger partial charge in [0.1, 0.15) is 6.10 Å². The first-order valence-electron chi connectivity index (χ1n) is 11.0. The minimum atomic E-state index is -0.170. The average molecular weight is 418 g/mol. The van der Waals surface area contributed by atoms with E-state index in [4.69, 9.17) is 4.74 Å². The van der Waals surface area contributed by atoms with Gasteiger partial charge in [0.25, 0.3) is 0 Å². The van der Waals surface area contributed by atoms with Crippen LogP contribution in [0.5, 0.6) is 0 Å². The van der Waals surface area contributed by atoms with Crippen molar-refractivity contribution >= 4 is 11.6 Å². The summed E-state index contributed by atoms with van der Waals surface area (Å²) in [5.41, 5.74) is 6.69. The standard InChI is InChI=1S/C26H31N3O2/c1-18-7-10-22(11-8-18)25(31-4)24-15-27-17-28(24)16-21-9-12-23(20(3)14-21)29-13-5-6-19(2)26(29)30/h7-12,14-15,17,19,25H,5-6,13,16H2,1-4H3. The molecule has 1 saturated heterocycles. The maximum absolute atomic E-state index is 12.6. The molecule has 162 valence electrons. The third kappa shape index (κ3) is 4.42. The van der Waals surface area contributed by atoms with Crippen LogP contribution in [-0.2, 0) is 16.1 Å². The van der Waals surface area contributed by atoms with Crippen molar-refractivity contribution in [2.45, 2.75) is 46.3 Å². The Labute approximate surface area is 184 Å². The van der Waals surface area contributed by atoms with E-state index in [0.29, 0.717) is 6.54 Å². The smallest absolute Gasteiger partial charge is 0.229 e. The summed E-state index contributed by atoms with van der Waals surface area (Å²) in [6.45, 7) is 7.71. The molecule has 1 aromatic heterocycles. The van der Waals surface area contributed by atoms with Gasteiger partial charge >= 0.3 is 0 Å². The molecular formula is C26H31N3O2. The summed E-state index contributed by atoms with van der Waals surface area (Å²) in [6, 6.07) is 14.8. The molecule has 0 spiro atoms. The molecule has 0 N–H and O–H groups in total. The molecule has 2 atom stereocenters. The Bertz CT molecular complexity index is 1050. The van der Waals surface area contributed by atoms with Crippen molar-refractivity contribution < 1.29 is 9.53 Å². The van der Waals surface area contributed by atoms with E-state index in [-0.39, 0.29) is 17.9 Å². The van der Waals surface area contributed by atoms with Crippen LogP contribution in [0.1, 0.15) is 53.8 Å². The third-order valence-electron chi connectivity index (χ3n) is 6.24. The molecule has 2 unspecified atom stereocenters. The van der Waals surface area contributed by atoms with E-state index in [9.17, 15) is 4.79 Å². The lowest BCUT2D eigenvalue weighted by molar-refractivity contribution is -0.123. The Kier molecular flexibility index (Phi) is 6.23. The van der Waals surface area contributed by atoms with Gasteiger partial charge in [-0.25, -0.2) is 4.98 Å². The van der Waals surface area contributed by atoms with Crippen LogP contribution in [0.3, 0.4) is 0 Å². The number of ether oxygens (including phenoxy) is 1. The zero-order valence-electron chi connectivity index (χ0n) is 18.8. The number of carbonyl (C=O) groups excluding carboxylic acids is 1. The van der Waals surface area contributed by atoms with E-state index in [0.717, 1.165) is 41.9 Å². The van der Waals surface area contributed by atoms with Gasteiger partial charge in [0.05, 0.1) is 18.2 Å². The molecule has 1 fully saturated rings. The molecule has 31 heavy (non-hydrogen) atoms. The highest BCUT2D eigenvalue weighted by Crippen LogP contribution is 2.29. The molecule has 0 saturated carbocycles. The minimum Gasteiger partial charge on any atom is -0.370 e. The second-order valence-electron chi connectivity index (χ2n) is 8.63. The second-order valence-corrected chi connectivity index (χ2v) is 8.63. The van der Waals surface area contributed by atoms with E-state index in [1.165, 1.54) is 11.1 Å². The van der Waals surface area contributed by atoms with E-state index in [1.54, 1.807) is 7.11 Å². The Morgan fingerprint density at radius 3 is 2.65 bits per heavy atom. The first-order valence-corrected chi connectivity index (χ1v) is 11.0. The van der Waals surface area contributed by atoms with Gasteiger partial charge in [-0.05, 0) is 49.4 Å². The summed E-state index contributed by atoms with van der Waals surface area (Å²) in [6.07, 6.45) is 5.61. The topological polar surface area (TPSA) is 47.4 Å². The van der Waals surface area contributed by atoms with Crippen LogP contribution >= 0.6 is 0 Å². The number of methoxy groups -OCH3 is 1. The first kappa shape index (κ1) is 21.3. The number of carbonyl (C=O) groups is 1. The zero-order valence-corrected chi connectivity index (χ0v) is 18.8. The summed E-state index contributed by atoms with van der Waals surface area (Å²) in [4.78, 5) is 19.0. The maximum atomic E-state index is 12.6. The van der Waals surface area contributed by atoms with E-state index in [1.807, 2.05) is 24.3 Å². The molecule has 1 amide bonds. The van der Waals surface area contributed by atoms with Crippen LogP contribution in [0.15, 0.2) is 55.0 Å². The third-order valence-corrected chi connectivity index (χ3v) is 6.24. The molecule has 4 rings (SSSR count). The Balaban J connectivity index is 1.57. The number of nitrogens with zero attached hydrogens (tertiary/aromatic N) is 3. The molecule has 3 aromatic rings. The highest BCUT2D eigenvalue weighted by atomic mass is 16.5. The fourth-order valence-corrected chi connectivity index (χ4v) is 4.46. The average Bonchev–Trinajstić information content (AvgIpc) is 3.20. The predicted molar refractivity (Wildman–Crippen MR) is 123 cm³/mol. The number of amides is 1. The number of hydrogen-bond acceptors (Lipinski definition) is 3. The van der Waals surface area contributed by atoms with Gasteiger partial charge in [-0.2, -0.15) is 0 Å². The number of hydrogen-bond donors (Lipinski definition) is 0. The number of rotatable bonds is 6. The summed E-state index contributed by atoms with van der Waals surface area (Å²) in [7, 11) is 1.73. The summed E-state index contributed by atoms with van der Waals surface area (Å²) < 4.78 is 7.97. The maximum Gasteiger partial charge on any atom is 0.229 e. The van der Waals surface area contributed by atoms with Crippen LogP contribution in [0.4, 0.5) is 5.69 Å². The Morgan fingerprint density at radius 2 is 1.94 bits per heavy atom. The summed E-state index contributed by atoms with van der Waals surface area (Å²) in [5, 5.41) is 0. The lowest BCUT2D eigenvalue weighted by atomic mass is 9.97. The van der Waals surface area contributed by atoms with E-state index < -0.39 is 0 Å². The van der Waals surface area contributed by atoms with Gasteiger partial charge in [-0.1, -0.05) is 48.9 Å². The van der Waals surface area contributed by atoms with Crippen LogP contribution in [-0.4, -0.2) is 29.1 Å². The minimum absolute atomic E-state index is 0.106. The Morgan fingerprint density at radius 1 is 1.16 bits per heavy atom. The van der Waals surface area contributed by atoms with Crippen molar-refractivity contribution in [1.29, 1.82) is 0 Å². The van der Waals surface area contributed by atoms with Crippen molar-refractivity contribution in [3.05, 3.63) is 82.9 Å². The molecule has 0 bridgehead atoms. The molecule has 5 heteroatoms. The number of imidazole rings is 1. The van der Waals surface area contributed by atoms with Crippen molar-refractivity contribution in [3.8, 4) is 0 Å². The molecule has 0 radical (unpaired) electrons. The molecule has 2 aromatic carbocycles. The predicted octanol–water partition coefficient (Wildman–Crippen LogP) is 5.05. The second kappa shape index (κ2) is 9.06. The SMILES string of the molecule is COC(c1ccc(C)cc1)c1cncn1Cc1ccc(N2CCCC(C)C2=O)c(C)c1. The number of benzene rings is 2. The number of aryl methyl sites for hydroxylation is 2. The summed E-state index contributed by atoms with van der Waals surface area (Å²) in [5.74, 6) is 0.342. The quantitative estimate of drug-likeness (QED) is 0.564. The first-order chi connectivity index (χ1) is 15.0. The fraction of sp³-hybridized carbons (Fsp3) is 0.385. The Hall–Kier alpha value is -2.92. The van der Waals surface area contributed by atoms with Gasteiger partial charge < -0.3 is 14.2 Å². The van der Waals surface area contributed by atoms with Crippen LogP contribution in [0.2, 0.25) is 0 Å². The number of aromatic nitrogens is 2. The van der Waals surface area contributed by atoms with Gasteiger partial charge in [0.15, 0.2) is 0 Å². The van der Waals surface area contributed by atoms with Crippen LogP contribution in [0, 0.1) is 19.8 Å². The number of anilines is 1. The molecular weight excluding hydrogens is 386 g/mol. The normalized spacial score (nSPS) is 17.7. The van der Waals surface area contributed by atoms with Gasteiger partial charge in [0.2, 0.25) is 5.91 Å². The molecule has 2 heterocycles. The van der Waals surface area contributed by atoms with Crippen LogP contribution in [0.25, 0.3) is 0 Å². The fourth-order valence-electron chi connectivity index (χ4n) is 4.46. The molecule has 1 aliphatic heterocycles. The molecule has 0 aliphatic carbocycles. The van der Waals surface area contributed by atoms with E-state index >= 15 is 0 Å². The zero-order chi connectivity index (χ0) is 22.0. The van der Waals surface area contributed by atoms with Crippen molar-refractivity contribution in [3.63, 3.8) is 0 Å². The monoisotopic (exact) mass is 417 g/mol. The van der Waals surface area contributed by atoms with Gasteiger partial charge in [-0.3, -0.25) is 4.79 Å². The van der Waals surface area contributed by atoms with Gasteiger partial charge in [-0.15, -0.1) is 0 Å². The van der Waals surface area contributed by atoms with Crippen molar-refractivity contribution in [2.24, 2.45) is 5.92 Å². The lowest BCUT2D eigenvalue weighted by Gasteiger charge is -2.32. The molecule has 5 nitrogen and oxygen atoms in total. The largest absolute Gasteiger partial charge is 0.370 e.